The Kier molecular flexibility index (Phi) is 6.60. The summed E-state index contributed by atoms with van der Waals surface area (Å²) in [5.41, 5.74) is 0.192. The van der Waals surface area contributed by atoms with Gasteiger partial charge in [-0.15, -0.1) is 22.0 Å². The van der Waals surface area contributed by atoms with Gasteiger partial charge in [-0.2, -0.15) is 0 Å². The molecule has 0 aliphatic rings. The van der Waals surface area contributed by atoms with Crippen molar-refractivity contribution in [3.8, 4) is 0 Å². The molecular weight excluding hydrogens is 296 g/mol. The number of hydrogen-bond donors (Lipinski definition) is 3. The van der Waals surface area contributed by atoms with Crippen molar-refractivity contribution in [2.45, 2.75) is 24.9 Å². The van der Waals surface area contributed by atoms with Crippen LogP contribution in [0.15, 0.2) is 17.2 Å². The van der Waals surface area contributed by atoms with E-state index < -0.39 is 17.9 Å². The molecule has 0 aliphatic heterocycles. The molecule has 114 valence electrons. The van der Waals surface area contributed by atoms with Gasteiger partial charge >= 0.3 is 5.97 Å². The summed E-state index contributed by atoms with van der Waals surface area (Å²) >= 11 is 1.13. The van der Waals surface area contributed by atoms with Gasteiger partial charge in [-0.3, -0.25) is 9.59 Å². The topological polar surface area (TPSA) is 121 Å². The highest BCUT2D eigenvalue weighted by Gasteiger charge is 2.19. The van der Waals surface area contributed by atoms with Gasteiger partial charge in [0.25, 0.3) is 5.91 Å². The number of nitrogens with one attached hydrogen (secondary N) is 2. The van der Waals surface area contributed by atoms with Crippen molar-refractivity contribution in [3.05, 3.63) is 17.8 Å². The van der Waals surface area contributed by atoms with Crippen molar-refractivity contribution in [1.82, 2.24) is 20.8 Å². The first-order valence-corrected chi connectivity index (χ1v) is 7.17. The third-order valence-electron chi connectivity index (χ3n) is 2.28. The van der Waals surface area contributed by atoms with E-state index >= 15 is 0 Å². The van der Waals surface area contributed by atoms with E-state index in [9.17, 15) is 14.4 Å². The first kappa shape index (κ1) is 16.9. The minimum absolute atomic E-state index is 0.115. The average molecular weight is 312 g/mol. The summed E-state index contributed by atoms with van der Waals surface area (Å²) in [6, 6.07) is 2.08. The number of thioether (sulfide) groups is 1. The predicted octanol–water partition coefficient (Wildman–Crippen LogP) is -0.0923. The molecule has 1 unspecified atom stereocenters. The molecule has 0 saturated heterocycles. The van der Waals surface area contributed by atoms with E-state index in [1.165, 1.54) is 13.0 Å². The molecule has 0 aliphatic carbocycles. The molecule has 0 aromatic carbocycles. The van der Waals surface area contributed by atoms with Crippen LogP contribution in [0.2, 0.25) is 0 Å². The van der Waals surface area contributed by atoms with Crippen LogP contribution in [0.3, 0.4) is 0 Å². The molecule has 9 heteroatoms. The van der Waals surface area contributed by atoms with Gasteiger partial charge in [0, 0.05) is 19.2 Å². The Morgan fingerprint density at radius 1 is 1.33 bits per heavy atom. The number of carbonyl (C=O) groups excluding carboxylic acids is 2. The Labute approximate surface area is 125 Å². The van der Waals surface area contributed by atoms with Gasteiger partial charge in [0.05, 0.1) is 0 Å². The molecule has 1 aromatic rings. The third kappa shape index (κ3) is 5.78. The molecule has 1 rings (SSSR count). The second-order valence-corrected chi connectivity index (χ2v) is 5.06. The molecule has 1 atom stereocenters. The second-order valence-electron chi connectivity index (χ2n) is 4.02. The van der Waals surface area contributed by atoms with Crippen LogP contribution in [0.1, 0.15) is 24.3 Å². The standard InChI is InChI=1S/C12H16N4O4S/c1-3-13-11(18)8-4-5-10(16-15-8)21-6-9(12(19)20)14-7(2)17/h4-5,9H,3,6H2,1-2H3,(H,13,18)(H,14,17)(H,19,20). The van der Waals surface area contributed by atoms with Crippen LogP contribution < -0.4 is 10.6 Å². The van der Waals surface area contributed by atoms with E-state index in [1.807, 2.05) is 0 Å². The lowest BCUT2D eigenvalue weighted by molar-refractivity contribution is -0.140. The quantitative estimate of drug-likeness (QED) is 0.601. The predicted molar refractivity (Wildman–Crippen MR) is 76.0 cm³/mol. The molecule has 1 heterocycles. The fourth-order valence-electron chi connectivity index (χ4n) is 1.36. The van der Waals surface area contributed by atoms with Gasteiger partial charge in [-0.1, -0.05) is 0 Å². The summed E-state index contributed by atoms with van der Waals surface area (Å²) in [4.78, 5) is 33.3. The van der Waals surface area contributed by atoms with Crippen molar-refractivity contribution in [1.29, 1.82) is 0 Å². The number of nitrogens with zero attached hydrogens (tertiary/aromatic N) is 2. The molecule has 21 heavy (non-hydrogen) atoms. The van der Waals surface area contributed by atoms with Gasteiger partial charge < -0.3 is 15.7 Å². The van der Waals surface area contributed by atoms with Crippen LogP contribution in [0.25, 0.3) is 0 Å². The molecule has 2 amide bonds. The Balaban J connectivity index is 2.60. The lowest BCUT2D eigenvalue weighted by atomic mass is 10.3. The van der Waals surface area contributed by atoms with Gasteiger partial charge in [0.15, 0.2) is 5.69 Å². The fraction of sp³-hybridized carbons (Fsp3) is 0.417. The zero-order valence-electron chi connectivity index (χ0n) is 11.6. The van der Waals surface area contributed by atoms with Crippen LogP contribution in [-0.4, -0.2) is 51.4 Å². The van der Waals surface area contributed by atoms with Crippen molar-refractivity contribution in [3.63, 3.8) is 0 Å². The summed E-state index contributed by atoms with van der Waals surface area (Å²) in [5.74, 6) is -1.74. The number of carbonyl (C=O) groups is 3. The molecule has 8 nitrogen and oxygen atoms in total. The second kappa shape index (κ2) is 8.20. The van der Waals surface area contributed by atoms with Crippen molar-refractivity contribution >= 4 is 29.5 Å². The molecule has 0 spiro atoms. The zero-order valence-corrected chi connectivity index (χ0v) is 12.4. The Hall–Kier alpha value is -2.16. The van der Waals surface area contributed by atoms with E-state index in [-0.39, 0.29) is 17.4 Å². The molecule has 0 radical (unpaired) electrons. The van der Waals surface area contributed by atoms with E-state index in [2.05, 4.69) is 20.8 Å². The minimum atomic E-state index is -1.12. The highest BCUT2D eigenvalue weighted by molar-refractivity contribution is 7.99. The smallest absolute Gasteiger partial charge is 0.327 e. The Bertz CT molecular complexity index is 520. The summed E-state index contributed by atoms with van der Waals surface area (Å²) in [5, 5.41) is 22.0. The first-order chi connectivity index (χ1) is 9.93. The number of rotatable bonds is 7. The van der Waals surface area contributed by atoms with Gasteiger partial charge in [-0.05, 0) is 19.1 Å². The number of carboxylic acid groups (broad SMARTS) is 1. The number of hydrogen-bond acceptors (Lipinski definition) is 6. The van der Waals surface area contributed by atoms with Crippen LogP contribution in [-0.2, 0) is 9.59 Å². The average Bonchev–Trinajstić information content (AvgIpc) is 2.43. The monoisotopic (exact) mass is 312 g/mol. The largest absolute Gasteiger partial charge is 0.480 e. The summed E-state index contributed by atoms with van der Waals surface area (Å²) in [7, 11) is 0. The van der Waals surface area contributed by atoms with E-state index in [4.69, 9.17) is 5.11 Å². The van der Waals surface area contributed by atoms with Crippen molar-refractivity contribution in [2.24, 2.45) is 0 Å². The summed E-state index contributed by atoms with van der Waals surface area (Å²) in [6.07, 6.45) is 0. The normalized spacial score (nSPS) is 11.5. The maximum Gasteiger partial charge on any atom is 0.327 e. The lowest BCUT2D eigenvalue weighted by Crippen LogP contribution is -2.41. The van der Waals surface area contributed by atoms with Crippen LogP contribution in [0.4, 0.5) is 0 Å². The third-order valence-corrected chi connectivity index (χ3v) is 3.30. The highest BCUT2D eigenvalue weighted by atomic mass is 32.2. The molecular formula is C12H16N4O4S. The maximum atomic E-state index is 11.5. The Morgan fingerprint density at radius 2 is 2.05 bits per heavy atom. The first-order valence-electron chi connectivity index (χ1n) is 6.18. The number of amides is 2. The number of aromatic nitrogens is 2. The van der Waals surface area contributed by atoms with Gasteiger partial charge in [0.2, 0.25) is 5.91 Å². The van der Waals surface area contributed by atoms with Gasteiger partial charge in [-0.25, -0.2) is 4.79 Å². The SMILES string of the molecule is CCNC(=O)c1ccc(SCC(NC(C)=O)C(=O)O)nn1. The summed E-state index contributed by atoms with van der Waals surface area (Å²) < 4.78 is 0. The van der Waals surface area contributed by atoms with E-state index in [1.54, 1.807) is 13.0 Å². The van der Waals surface area contributed by atoms with Crippen LogP contribution in [0.5, 0.6) is 0 Å². The highest BCUT2D eigenvalue weighted by Crippen LogP contribution is 2.15. The lowest BCUT2D eigenvalue weighted by Gasteiger charge is -2.12. The molecule has 0 saturated carbocycles. The molecule has 0 bridgehead atoms. The number of carboxylic acids is 1. The minimum Gasteiger partial charge on any atom is -0.480 e. The maximum absolute atomic E-state index is 11.5. The van der Waals surface area contributed by atoms with Gasteiger partial charge in [0.1, 0.15) is 11.1 Å². The van der Waals surface area contributed by atoms with Crippen LogP contribution >= 0.6 is 11.8 Å². The van der Waals surface area contributed by atoms with Crippen LogP contribution in [0, 0.1) is 0 Å². The van der Waals surface area contributed by atoms with Crippen molar-refractivity contribution < 1.29 is 19.5 Å². The summed E-state index contributed by atoms with van der Waals surface area (Å²) in [6.45, 7) is 3.54. The van der Waals surface area contributed by atoms with E-state index in [0.717, 1.165) is 11.8 Å². The van der Waals surface area contributed by atoms with Crippen molar-refractivity contribution in [2.75, 3.05) is 12.3 Å². The Morgan fingerprint density at radius 3 is 2.52 bits per heavy atom. The van der Waals surface area contributed by atoms with E-state index in [0.29, 0.717) is 11.6 Å². The molecule has 1 aromatic heterocycles. The molecule has 0 fully saturated rings. The zero-order chi connectivity index (χ0) is 15.8. The molecule has 3 N–H and O–H groups in total. The fourth-order valence-corrected chi connectivity index (χ4v) is 2.18. The number of aliphatic carboxylic acids is 1.